The third-order valence-electron chi connectivity index (χ3n) is 1.69. The normalized spacial score (nSPS) is 9.92. The smallest absolute Gasteiger partial charge is 0.450 e. The molecule has 0 aliphatic heterocycles. The highest BCUT2D eigenvalue weighted by Crippen LogP contribution is 1.83. The largest absolute Gasteiger partial charge is 0.505 e. The van der Waals surface area contributed by atoms with E-state index in [0.29, 0.717) is 6.54 Å². The van der Waals surface area contributed by atoms with E-state index in [0.717, 1.165) is 6.54 Å². The second-order valence-corrected chi connectivity index (χ2v) is 2.60. The van der Waals surface area contributed by atoms with Crippen molar-refractivity contribution in [1.29, 1.82) is 0 Å². The highest BCUT2D eigenvalue weighted by atomic mass is 16.7. The van der Waals surface area contributed by atoms with Gasteiger partial charge in [-0.15, -0.1) is 0 Å². The number of carboxylic acid groups (broad SMARTS) is 1. The summed E-state index contributed by atoms with van der Waals surface area (Å²) in [5.41, 5.74) is 0. The summed E-state index contributed by atoms with van der Waals surface area (Å²) in [7, 11) is 0. The molecule has 1 rings (SSSR count). The second-order valence-electron chi connectivity index (χ2n) is 2.60. The molecule has 1 aromatic rings. The van der Waals surface area contributed by atoms with E-state index in [1.807, 2.05) is 34.8 Å². The fourth-order valence-electron chi connectivity index (χ4n) is 0.996. The quantitative estimate of drug-likeness (QED) is 0.548. The first-order chi connectivity index (χ1) is 6.22. The van der Waals surface area contributed by atoms with E-state index in [1.54, 1.807) is 0 Å². The number of nitrogens with zero attached hydrogens (tertiary/aromatic N) is 2. The number of imidazole rings is 1. The fourth-order valence-corrected chi connectivity index (χ4v) is 0.996. The molecule has 0 amide bonds. The summed E-state index contributed by atoms with van der Waals surface area (Å²) < 4.78 is 8.26. The van der Waals surface area contributed by atoms with E-state index < -0.39 is 6.16 Å². The Morgan fingerprint density at radius 2 is 2.46 bits per heavy atom. The molecule has 0 saturated carbocycles. The molecule has 72 valence electrons. The standard InChI is InChI=1S/C8H12N2O3/c1-2-9-3-4-10(7-9)5-6-13-8(11)12/h3-4,7H,2,5-6H2,1H3/p+1. The lowest BCUT2D eigenvalue weighted by molar-refractivity contribution is -0.697. The predicted molar refractivity (Wildman–Crippen MR) is 44.3 cm³/mol. The van der Waals surface area contributed by atoms with Crippen LogP contribution in [0.2, 0.25) is 0 Å². The highest BCUT2D eigenvalue weighted by Gasteiger charge is 2.02. The van der Waals surface area contributed by atoms with Crippen LogP contribution in [0.5, 0.6) is 0 Å². The number of rotatable bonds is 4. The van der Waals surface area contributed by atoms with E-state index in [2.05, 4.69) is 4.74 Å². The average Bonchev–Trinajstić information content (AvgIpc) is 2.52. The molecule has 1 aromatic heterocycles. The van der Waals surface area contributed by atoms with Crippen LogP contribution in [0.25, 0.3) is 0 Å². The molecule has 0 spiro atoms. The molecule has 5 nitrogen and oxygen atoms in total. The van der Waals surface area contributed by atoms with Crippen LogP contribution in [-0.4, -0.2) is 22.4 Å². The van der Waals surface area contributed by atoms with Crippen LogP contribution >= 0.6 is 0 Å². The Kier molecular flexibility index (Phi) is 3.31. The second kappa shape index (κ2) is 4.49. The zero-order valence-electron chi connectivity index (χ0n) is 7.51. The van der Waals surface area contributed by atoms with Gasteiger partial charge in [0.2, 0.25) is 6.33 Å². The monoisotopic (exact) mass is 185 g/mol. The van der Waals surface area contributed by atoms with Crippen molar-refractivity contribution in [3.8, 4) is 0 Å². The van der Waals surface area contributed by atoms with Crippen molar-refractivity contribution in [2.75, 3.05) is 6.61 Å². The Balaban J connectivity index is 2.32. The summed E-state index contributed by atoms with van der Waals surface area (Å²) in [4.78, 5) is 10.0. The Labute approximate surface area is 76.2 Å². The molecule has 0 atom stereocenters. The van der Waals surface area contributed by atoms with Gasteiger partial charge in [-0.05, 0) is 6.92 Å². The van der Waals surface area contributed by atoms with Crippen LogP contribution in [0.4, 0.5) is 4.79 Å². The molecule has 0 aliphatic carbocycles. The zero-order chi connectivity index (χ0) is 9.68. The van der Waals surface area contributed by atoms with E-state index in [9.17, 15) is 4.79 Å². The van der Waals surface area contributed by atoms with Gasteiger partial charge in [0.25, 0.3) is 0 Å². The first kappa shape index (κ1) is 9.57. The maximum absolute atomic E-state index is 10.0. The van der Waals surface area contributed by atoms with E-state index >= 15 is 0 Å². The Hall–Kier alpha value is -1.52. The van der Waals surface area contributed by atoms with Crippen LogP contribution in [-0.2, 0) is 17.8 Å². The molecule has 0 unspecified atom stereocenters. The van der Waals surface area contributed by atoms with Crippen LogP contribution in [0.3, 0.4) is 0 Å². The van der Waals surface area contributed by atoms with Gasteiger partial charge in [0.05, 0.1) is 6.54 Å². The van der Waals surface area contributed by atoms with E-state index in [1.165, 1.54) is 0 Å². The van der Waals surface area contributed by atoms with Crippen molar-refractivity contribution in [3.05, 3.63) is 18.7 Å². The number of hydrogen-bond donors (Lipinski definition) is 1. The third-order valence-corrected chi connectivity index (χ3v) is 1.69. The lowest BCUT2D eigenvalue weighted by atomic mass is 10.7. The minimum absolute atomic E-state index is 0.188. The van der Waals surface area contributed by atoms with Gasteiger partial charge in [-0.25, -0.2) is 13.9 Å². The SMILES string of the molecule is CCn1cc[n+](CCOC(=O)O)c1. The van der Waals surface area contributed by atoms with Crippen molar-refractivity contribution in [1.82, 2.24) is 4.57 Å². The number of aromatic nitrogens is 2. The molecule has 1 N–H and O–H groups in total. The summed E-state index contributed by atoms with van der Waals surface area (Å²) in [6, 6.07) is 0. The number of aryl methyl sites for hydroxylation is 1. The summed E-state index contributed by atoms with van der Waals surface area (Å²) in [5, 5.41) is 8.21. The summed E-state index contributed by atoms with van der Waals surface area (Å²) >= 11 is 0. The van der Waals surface area contributed by atoms with Crippen LogP contribution < -0.4 is 4.57 Å². The van der Waals surface area contributed by atoms with Crippen molar-refractivity contribution in [3.63, 3.8) is 0 Å². The average molecular weight is 185 g/mol. The summed E-state index contributed by atoms with van der Waals surface area (Å²) in [6.07, 6.45) is 4.50. The molecule has 5 heteroatoms. The van der Waals surface area contributed by atoms with Gasteiger partial charge >= 0.3 is 6.16 Å². The first-order valence-corrected chi connectivity index (χ1v) is 4.13. The van der Waals surface area contributed by atoms with Gasteiger partial charge in [0.15, 0.2) is 0 Å². The highest BCUT2D eigenvalue weighted by molar-refractivity contribution is 5.56. The fraction of sp³-hybridized carbons (Fsp3) is 0.500. The summed E-state index contributed by atoms with van der Waals surface area (Å²) in [5.74, 6) is 0. The molecule has 0 saturated heterocycles. The number of ether oxygens (including phenoxy) is 1. The predicted octanol–water partition coefficient (Wildman–Crippen LogP) is 0.490. The number of carbonyl (C=O) groups is 1. The lowest BCUT2D eigenvalue weighted by Gasteiger charge is -1.96. The Morgan fingerprint density at radius 1 is 1.69 bits per heavy atom. The Bertz CT molecular complexity index is 283. The van der Waals surface area contributed by atoms with Crippen LogP contribution in [0, 0.1) is 0 Å². The van der Waals surface area contributed by atoms with Crippen LogP contribution in [0.15, 0.2) is 18.7 Å². The minimum atomic E-state index is -1.23. The van der Waals surface area contributed by atoms with Gasteiger partial charge in [0, 0.05) is 0 Å². The van der Waals surface area contributed by atoms with E-state index in [4.69, 9.17) is 5.11 Å². The molecule has 1 heterocycles. The van der Waals surface area contributed by atoms with Gasteiger partial charge in [-0.1, -0.05) is 0 Å². The first-order valence-electron chi connectivity index (χ1n) is 4.13. The maximum Gasteiger partial charge on any atom is 0.505 e. The van der Waals surface area contributed by atoms with Crippen LogP contribution in [0.1, 0.15) is 6.92 Å². The molecule has 0 aromatic carbocycles. The molecule has 0 radical (unpaired) electrons. The van der Waals surface area contributed by atoms with Gasteiger partial charge in [-0.3, -0.25) is 0 Å². The number of hydrogen-bond acceptors (Lipinski definition) is 2. The minimum Gasteiger partial charge on any atom is -0.450 e. The van der Waals surface area contributed by atoms with Gasteiger partial charge in [0.1, 0.15) is 25.5 Å². The van der Waals surface area contributed by atoms with Gasteiger partial charge < -0.3 is 9.84 Å². The maximum atomic E-state index is 10.0. The summed E-state index contributed by atoms with van der Waals surface area (Å²) in [6.45, 7) is 3.69. The van der Waals surface area contributed by atoms with E-state index in [-0.39, 0.29) is 6.61 Å². The van der Waals surface area contributed by atoms with Crippen molar-refractivity contribution in [2.45, 2.75) is 20.0 Å². The van der Waals surface area contributed by atoms with Crippen molar-refractivity contribution >= 4 is 6.16 Å². The topological polar surface area (TPSA) is 55.3 Å². The molecular weight excluding hydrogens is 172 g/mol. The Morgan fingerprint density at radius 3 is 3.00 bits per heavy atom. The van der Waals surface area contributed by atoms with Crippen molar-refractivity contribution in [2.24, 2.45) is 0 Å². The lowest BCUT2D eigenvalue weighted by Crippen LogP contribution is -2.34. The molecule has 13 heavy (non-hydrogen) atoms. The molecule has 0 aliphatic rings. The molecular formula is C8H13N2O3+. The molecule has 0 fully saturated rings. The molecule has 0 bridgehead atoms. The van der Waals surface area contributed by atoms with Crippen molar-refractivity contribution < 1.29 is 19.2 Å². The third kappa shape index (κ3) is 3.14. The zero-order valence-corrected chi connectivity index (χ0v) is 7.51. The van der Waals surface area contributed by atoms with Gasteiger partial charge in [-0.2, -0.15) is 0 Å².